The zero-order valence-corrected chi connectivity index (χ0v) is 13.0. The van der Waals surface area contributed by atoms with Crippen molar-refractivity contribution < 1.29 is 4.21 Å². The quantitative estimate of drug-likeness (QED) is 0.798. The maximum Gasteiger partial charge on any atom is 0.124 e. The average molecular weight is 310 g/mol. The zero-order valence-electron chi connectivity index (χ0n) is 11.5. The molecule has 0 bridgehead atoms. The topological polar surface area (TPSA) is 58.7 Å². The maximum absolute atomic E-state index is 11.4. The van der Waals surface area contributed by atoms with Gasteiger partial charge in [-0.05, 0) is 18.6 Å². The molecule has 2 unspecified atom stereocenters. The van der Waals surface area contributed by atoms with Gasteiger partial charge in [0.2, 0.25) is 0 Å². The van der Waals surface area contributed by atoms with Gasteiger partial charge in [0.05, 0.1) is 17.0 Å². The summed E-state index contributed by atoms with van der Waals surface area (Å²) in [5.74, 6) is 1.04. The number of nitrogens with zero attached hydrogens (tertiary/aromatic N) is 3. The van der Waals surface area contributed by atoms with E-state index in [2.05, 4.69) is 11.1 Å². The average Bonchev–Trinajstić information content (AvgIpc) is 2.82. The molecule has 4 nitrogen and oxygen atoms in total. The molecule has 0 aliphatic heterocycles. The van der Waals surface area contributed by atoms with Gasteiger partial charge in [-0.1, -0.05) is 13.0 Å². The van der Waals surface area contributed by atoms with E-state index in [4.69, 9.17) is 16.9 Å². The molecule has 0 spiro atoms. The molecule has 0 amide bonds. The summed E-state index contributed by atoms with van der Waals surface area (Å²) < 4.78 is 13.5. The van der Waals surface area contributed by atoms with E-state index in [1.54, 1.807) is 12.3 Å². The van der Waals surface area contributed by atoms with Crippen molar-refractivity contribution in [3.05, 3.63) is 29.6 Å². The van der Waals surface area contributed by atoms with Gasteiger partial charge in [-0.2, -0.15) is 5.26 Å². The van der Waals surface area contributed by atoms with Crippen LogP contribution in [-0.4, -0.2) is 25.3 Å². The van der Waals surface area contributed by atoms with Crippen molar-refractivity contribution in [3.8, 4) is 6.07 Å². The van der Waals surface area contributed by atoms with Gasteiger partial charge in [0, 0.05) is 28.9 Å². The van der Waals surface area contributed by atoms with Gasteiger partial charge < -0.3 is 4.57 Å². The predicted octanol–water partition coefficient (Wildman–Crippen LogP) is 2.80. The number of benzene rings is 1. The Kier molecular flexibility index (Phi) is 4.79. The highest BCUT2D eigenvalue weighted by atomic mass is 35.5. The third-order valence-electron chi connectivity index (χ3n) is 3.42. The zero-order chi connectivity index (χ0) is 14.7. The van der Waals surface area contributed by atoms with Gasteiger partial charge in [-0.15, -0.1) is 11.6 Å². The van der Waals surface area contributed by atoms with Crippen LogP contribution in [0, 0.1) is 11.3 Å². The van der Waals surface area contributed by atoms with Crippen LogP contribution in [-0.2, 0) is 23.2 Å². The van der Waals surface area contributed by atoms with Crippen LogP contribution in [0.4, 0.5) is 0 Å². The van der Waals surface area contributed by atoms with E-state index in [9.17, 15) is 4.21 Å². The number of alkyl halides is 1. The number of aryl methyl sites for hydroxylation is 1. The van der Waals surface area contributed by atoms with Gasteiger partial charge >= 0.3 is 0 Å². The van der Waals surface area contributed by atoms with Crippen LogP contribution in [0.3, 0.4) is 0 Å². The number of para-hydroxylation sites is 1. The number of aromatic nitrogens is 2. The lowest BCUT2D eigenvalue weighted by Crippen LogP contribution is -2.13. The summed E-state index contributed by atoms with van der Waals surface area (Å²) >= 11 is 5.95. The lowest BCUT2D eigenvalue weighted by atomic mass is 10.2. The lowest BCUT2D eigenvalue weighted by Gasteiger charge is -2.11. The number of imidazole rings is 1. The Hall–Kier alpha value is -1.38. The molecular weight excluding hydrogens is 294 g/mol. The molecule has 106 valence electrons. The van der Waals surface area contributed by atoms with Gasteiger partial charge in [-0.25, -0.2) is 4.98 Å². The highest BCUT2D eigenvalue weighted by molar-refractivity contribution is 7.84. The molecule has 2 aromatic rings. The lowest BCUT2D eigenvalue weighted by molar-refractivity contribution is 0.617. The first kappa shape index (κ1) is 15.0. The second-order valence-corrected chi connectivity index (χ2v) is 6.77. The smallest absolute Gasteiger partial charge is 0.124 e. The van der Waals surface area contributed by atoms with Crippen molar-refractivity contribution in [2.24, 2.45) is 0 Å². The molecule has 0 aliphatic rings. The fraction of sp³-hybridized carbons (Fsp3) is 0.429. The summed E-state index contributed by atoms with van der Waals surface area (Å²) in [6.45, 7) is 2.67. The molecule has 1 aromatic carbocycles. The number of halogens is 1. The van der Waals surface area contributed by atoms with Crippen molar-refractivity contribution in [1.82, 2.24) is 9.55 Å². The molecule has 0 radical (unpaired) electrons. The van der Waals surface area contributed by atoms with Gasteiger partial charge in [0.25, 0.3) is 0 Å². The second kappa shape index (κ2) is 6.38. The fourth-order valence-electron chi connectivity index (χ4n) is 2.11. The summed E-state index contributed by atoms with van der Waals surface area (Å²) in [5.41, 5.74) is 2.16. The standard InChI is InChI=1S/C14H16ClN3OS/c1-10(20(2)19)6-7-18-12-5-3-4-11(9-16)14(12)17-13(18)8-15/h3-5,10H,6-8H2,1-2H3. The summed E-state index contributed by atoms with van der Waals surface area (Å²) in [5, 5.41) is 9.25. The van der Waals surface area contributed by atoms with Gasteiger partial charge in [-0.3, -0.25) is 4.21 Å². The Morgan fingerprint density at radius 1 is 1.55 bits per heavy atom. The third-order valence-corrected chi connectivity index (χ3v) is 5.03. The van der Waals surface area contributed by atoms with E-state index in [-0.39, 0.29) is 5.25 Å². The first-order valence-corrected chi connectivity index (χ1v) is 8.50. The molecule has 1 heterocycles. The largest absolute Gasteiger partial charge is 0.327 e. The number of fused-ring (bicyclic) bond motifs is 1. The SMILES string of the molecule is CC(CCn1c(CCl)nc2c(C#N)cccc21)S(C)=O. The number of nitriles is 1. The van der Waals surface area contributed by atoms with Crippen molar-refractivity contribution in [1.29, 1.82) is 5.26 Å². The predicted molar refractivity (Wildman–Crippen MR) is 82.2 cm³/mol. The molecule has 0 saturated heterocycles. The van der Waals surface area contributed by atoms with Crippen molar-refractivity contribution >= 4 is 33.4 Å². The minimum atomic E-state index is -0.839. The minimum Gasteiger partial charge on any atom is -0.327 e. The van der Waals surface area contributed by atoms with Crippen molar-refractivity contribution in [2.75, 3.05) is 6.26 Å². The van der Waals surface area contributed by atoms with Crippen LogP contribution in [0.1, 0.15) is 24.7 Å². The van der Waals surface area contributed by atoms with Crippen LogP contribution in [0.15, 0.2) is 18.2 Å². The molecule has 20 heavy (non-hydrogen) atoms. The van der Waals surface area contributed by atoms with Crippen LogP contribution in [0.5, 0.6) is 0 Å². The molecule has 0 fully saturated rings. The highest BCUT2D eigenvalue weighted by Gasteiger charge is 2.14. The number of hydrogen-bond donors (Lipinski definition) is 0. The van der Waals surface area contributed by atoms with Crippen molar-refractivity contribution in [2.45, 2.75) is 31.0 Å². The molecule has 2 rings (SSSR count). The van der Waals surface area contributed by atoms with E-state index >= 15 is 0 Å². The third kappa shape index (κ3) is 2.87. The molecular formula is C14H16ClN3OS. The fourth-order valence-corrected chi connectivity index (χ4v) is 2.76. The summed E-state index contributed by atoms with van der Waals surface area (Å²) in [4.78, 5) is 4.46. The normalized spacial score (nSPS) is 14.1. The Morgan fingerprint density at radius 2 is 2.30 bits per heavy atom. The Balaban J connectivity index is 2.41. The molecule has 2 atom stereocenters. The minimum absolute atomic E-state index is 0.120. The van der Waals surface area contributed by atoms with Crippen molar-refractivity contribution in [3.63, 3.8) is 0 Å². The van der Waals surface area contributed by atoms with Crippen LogP contribution in [0.25, 0.3) is 11.0 Å². The van der Waals surface area contributed by atoms with Crippen LogP contribution < -0.4 is 0 Å². The second-order valence-electron chi connectivity index (χ2n) is 4.70. The Labute approximate surface area is 125 Å². The number of hydrogen-bond acceptors (Lipinski definition) is 3. The number of rotatable bonds is 5. The van der Waals surface area contributed by atoms with E-state index in [0.29, 0.717) is 23.5 Å². The highest BCUT2D eigenvalue weighted by Crippen LogP contribution is 2.21. The molecule has 6 heteroatoms. The van der Waals surface area contributed by atoms with Crippen LogP contribution in [0.2, 0.25) is 0 Å². The van der Waals surface area contributed by atoms with E-state index in [1.807, 2.05) is 23.6 Å². The Morgan fingerprint density at radius 3 is 2.90 bits per heavy atom. The summed E-state index contributed by atoms with van der Waals surface area (Å²) in [6, 6.07) is 7.68. The summed E-state index contributed by atoms with van der Waals surface area (Å²) in [7, 11) is -0.839. The summed E-state index contributed by atoms with van der Waals surface area (Å²) in [6.07, 6.45) is 2.50. The monoisotopic (exact) mass is 309 g/mol. The molecule has 0 N–H and O–H groups in total. The maximum atomic E-state index is 11.4. The first-order chi connectivity index (χ1) is 9.58. The molecule has 1 aromatic heterocycles. The van der Waals surface area contributed by atoms with E-state index in [1.165, 1.54) is 0 Å². The Bertz CT molecular complexity index is 690. The van der Waals surface area contributed by atoms with Gasteiger partial charge in [0.1, 0.15) is 17.4 Å². The van der Waals surface area contributed by atoms with Gasteiger partial charge in [0.15, 0.2) is 0 Å². The van der Waals surface area contributed by atoms with E-state index in [0.717, 1.165) is 17.8 Å². The molecule has 0 aliphatic carbocycles. The van der Waals surface area contributed by atoms with E-state index < -0.39 is 10.8 Å². The molecule has 0 saturated carbocycles. The van der Waals surface area contributed by atoms with Crippen LogP contribution >= 0.6 is 11.6 Å². The first-order valence-electron chi connectivity index (χ1n) is 6.35.